The molecule has 0 fully saturated rings. The Balaban J connectivity index is 1.46. The van der Waals surface area contributed by atoms with Gasteiger partial charge in [0.2, 0.25) is 0 Å². The molecule has 0 saturated heterocycles. The van der Waals surface area contributed by atoms with Crippen molar-refractivity contribution < 1.29 is 9.21 Å². The van der Waals surface area contributed by atoms with Gasteiger partial charge in [0.25, 0.3) is 5.91 Å². The fourth-order valence-corrected chi connectivity index (χ4v) is 4.41. The van der Waals surface area contributed by atoms with Crippen molar-refractivity contribution in [3.63, 3.8) is 0 Å². The van der Waals surface area contributed by atoms with Crippen LogP contribution in [0.5, 0.6) is 0 Å². The third-order valence-corrected chi connectivity index (χ3v) is 5.91. The maximum Gasteiger partial charge on any atom is 0.265 e. The van der Waals surface area contributed by atoms with E-state index in [0.717, 1.165) is 16.2 Å². The lowest BCUT2D eigenvalue weighted by atomic mass is 10.1. The van der Waals surface area contributed by atoms with E-state index in [4.69, 9.17) is 4.42 Å². The monoisotopic (exact) mass is 417 g/mol. The van der Waals surface area contributed by atoms with Crippen LogP contribution in [-0.2, 0) is 11.3 Å². The molecule has 0 radical (unpaired) electrons. The maximum atomic E-state index is 13.3. The van der Waals surface area contributed by atoms with E-state index in [9.17, 15) is 4.79 Å². The number of carbonyl (C=O) groups is 1. The van der Waals surface area contributed by atoms with Gasteiger partial charge in [0.15, 0.2) is 5.82 Å². The molecule has 0 aliphatic carbocycles. The highest BCUT2D eigenvalue weighted by Crippen LogP contribution is 2.35. The minimum Gasteiger partial charge on any atom is -0.463 e. The van der Waals surface area contributed by atoms with Crippen LogP contribution in [0.3, 0.4) is 0 Å². The van der Waals surface area contributed by atoms with Crippen LogP contribution in [0.1, 0.15) is 28.9 Å². The average Bonchev–Trinajstić information content (AvgIpc) is 3.53. The summed E-state index contributed by atoms with van der Waals surface area (Å²) in [4.78, 5) is 18.9. The summed E-state index contributed by atoms with van der Waals surface area (Å²) in [6.07, 6.45) is 2.23. The van der Waals surface area contributed by atoms with Gasteiger partial charge in [-0.2, -0.15) is 10.2 Å². The average molecular weight is 417 g/mol. The van der Waals surface area contributed by atoms with Gasteiger partial charge in [-0.3, -0.25) is 4.79 Å². The Bertz CT molecular complexity index is 1180. The van der Waals surface area contributed by atoms with Gasteiger partial charge < -0.3 is 4.42 Å². The molecule has 1 aliphatic heterocycles. The molecule has 0 spiro atoms. The molecule has 7 nitrogen and oxygen atoms in total. The Labute approximate surface area is 177 Å². The minimum absolute atomic E-state index is 0.0574. The Hall–Kier alpha value is -3.52. The molecule has 0 bridgehead atoms. The molecule has 0 N–H and O–H groups in total. The molecule has 4 heterocycles. The van der Waals surface area contributed by atoms with Gasteiger partial charge >= 0.3 is 0 Å². The maximum absolute atomic E-state index is 13.3. The van der Waals surface area contributed by atoms with Crippen molar-refractivity contribution in [1.29, 1.82) is 0 Å². The smallest absolute Gasteiger partial charge is 0.265 e. The number of amides is 1. The number of aromatic nitrogens is 3. The van der Waals surface area contributed by atoms with Gasteiger partial charge in [-0.25, -0.2) is 14.7 Å². The first kappa shape index (κ1) is 18.5. The molecule has 1 amide bonds. The van der Waals surface area contributed by atoms with E-state index in [-0.39, 0.29) is 18.5 Å². The van der Waals surface area contributed by atoms with Crippen molar-refractivity contribution >= 4 is 23.0 Å². The van der Waals surface area contributed by atoms with Crippen LogP contribution < -0.4 is 0 Å². The third-order valence-electron chi connectivity index (χ3n) is 4.94. The number of furan rings is 1. The van der Waals surface area contributed by atoms with E-state index in [1.807, 2.05) is 66.9 Å². The molecular formula is C22H19N5O2S. The second-order valence-corrected chi connectivity index (χ2v) is 7.98. The Kier molecular flexibility index (Phi) is 4.76. The van der Waals surface area contributed by atoms with Crippen molar-refractivity contribution in [1.82, 2.24) is 19.8 Å². The van der Waals surface area contributed by atoms with Gasteiger partial charge in [0.05, 0.1) is 12.3 Å². The number of hydrazone groups is 1. The molecule has 1 atom stereocenters. The minimum atomic E-state index is -0.151. The van der Waals surface area contributed by atoms with Crippen molar-refractivity contribution in [2.45, 2.75) is 25.9 Å². The fraction of sp³-hybridized carbons (Fsp3) is 0.182. The number of carbonyl (C=O) groups excluding carboxylic acids is 1. The van der Waals surface area contributed by atoms with E-state index < -0.39 is 0 Å². The molecule has 8 heteroatoms. The zero-order chi connectivity index (χ0) is 20.5. The number of benzene rings is 1. The van der Waals surface area contributed by atoms with Crippen LogP contribution in [0.4, 0.5) is 0 Å². The Morgan fingerprint density at radius 3 is 2.77 bits per heavy atom. The van der Waals surface area contributed by atoms with Crippen LogP contribution in [0.15, 0.2) is 75.8 Å². The first-order valence-electron chi connectivity index (χ1n) is 9.63. The summed E-state index contributed by atoms with van der Waals surface area (Å²) in [6, 6.07) is 17.3. The predicted octanol–water partition coefficient (Wildman–Crippen LogP) is 4.29. The topological polar surface area (TPSA) is 76.5 Å². The summed E-state index contributed by atoms with van der Waals surface area (Å²) in [5.41, 5.74) is 1.69. The van der Waals surface area contributed by atoms with Crippen LogP contribution in [-0.4, -0.2) is 31.4 Å². The number of aryl methyl sites for hydroxylation is 1. The zero-order valence-electron chi connectivity index (χ0n) is 16.3. The van der Waals surface area contributed by atoms with Gasteiger partial charge in [-0.15, -0.1) is 11.3 Å². The number of nitrogens with zero attached hydrogens (tertiary/aromatic N) is 5. The summed E-state index contributed by atoms with van der Waals surface area (Å²) < 4.78 is 7.17. The quantitative estimate of drug-likeness (QED) is 0.485. The highest BCUT2D eigenvalue weighted by atomic mass is 32.1. The molecule has 5 rings (SSSR count). The Morgan fingerprint density at radius 2 is 2.03 bits per heavy atom. The summed E-state index contributed by atoms with van der Waals surface area (Å²) in [6.45, 7) is 1.88. The standard InChI is InChI=1S/C22H19N5O2S/c1-15-23-22(16-7-3-2-4-8-16)26(24-15)14-21(28)27-18(20-10-6-12-30-20)13-17(25-27)19-9-5-11-29-19/h2-12,18H,13-14H2,1H3. The lowest BCUT2D eigenvalue weighted by Gasteiger charge is -2.20. The predicted molar refractivity (Wildman–Crippen MR) is 114 cm³/mol. The van der Waals surface area contributed by atoms with Gasteiger partial charge in [0, 0.05) is 16.9 Å². The first-order valence-corrected chi connectivity index (χ1v) is 10.5. The van der Waals surface area contributed by atoms with Crippen LogP contribution >= 0.6 is 11.3 Å². The zero-order valence-corrected chi connectivity index (χ0v) is 17.1. The largest absolute Gasteiger partial charge is 0.463 e. The summed E-state index contributed by atoms with van der Waals surface area (Å²) in [7, 11) is 0. The molecule has 150 valence electrons. The van der Waals surface area contributed by atoms with Crippen molar-refractivity contribution in [2.75, 3.05) is 0 Å². The van der Waals surface area contributed by atoms with Crippen molar-refractivity contribution in [2.24, 2.45) is 5.10 Å². The molecule has 1 unspecified atom stereocenters. The van der Waals surface area contributed by atoms with Gasteiger partial charge in [0.1, 0.15) is 23.8 Å². The number of hydrogen-bond donors (Lipinski definition) is 0. The third kappa shape index (κ3) is 3.46. The molecular weight excluding hydrogens is 398 g/mol. The molecule has 1 aromatic carbocycles. The van der Waals surface area contributed by atoms with Crippen molar-refractivity contribution in [3.8, 4) is 11.4 Å². The number of hydrogen-bond acceptors (Lipinski definition) is 6. The second kappa shape index (κ2) is 7.72. The molecule has 30 heavy (non-hydrogen) atoms. The van der Waals surface area contributed by atoms with Gasteiger partial charge in [-0.05, 0) is 30.5 Å². The molecule has 0 saturated carbocycles. The van der Waals surface area contributed by atoms with Gasteiger partial charge in [-0.1, -0.05) is 36.4 Å². The van der Waals surface area contributed by atoms with Crippen LogP contribution in [0.2, 0.25) is 0 Å². The fourth-order valence-electron chi connectivity index (χ4n) is 3.60. The first-order chi connectivity index (χ1) is 14.7. The Morgan fingerprint density at radius 1 is 1.17 bits per heavy atom. The number of thiophene rings is 1. The van der Waals surface area contributed by atoms with E-state index in [2.05, 4.69) is 15.2 Å². The summed E-state index contributed by atoms with van der Waals surface area (Å²) in [5, 5.41) is 12.6. The van der Waals surface area contributed by atoms with Crippen molar-refractivity contribution in [3.05, 3.63) is 82.7 Å². The lowest BCUT2D eigenvalue weighted by molar-refractivity contribution is -0.133. The van der Waals surface area contributed by atoms with E-state index in [1.165, 1.54) is 0 Å². The second-order valence-electron chi connectivity index (χ2n) is 7.00. The normalized spacial score (nSPS) is 16.1. The van der Waals surface area contributed by atoms with Crippen LogP contribution in [0, 0.1) is 6.92 Å². The van der Waals surface area contributed by atoms with Crippen LogP contribution in [0.25, 0.3) is 11.4 Å². The van der Waals surface area contributed by atoms with E-state index >= 15 is 0 Å². The number of rotatable bonds is 5. The van der Waals surface area contributed by atoms with E-state index in [1.54, 1.807) is 27.3 Å². The summed E-state index contributed by atoms with van der Waals surface area (Å²) >= 11 is 1.62. The highest BCUT2D eigenvalue weighted by Gasteiger charge is 2.35. The lowest BCUT2D eigenvalue weighted by Crippen LogP contribution is -2.30. The summed E-state index contributed by atoms with van der Waals surface area (Å²) in [5.74, 6) is 1.84. The molecule has 1 aliphatic rings. The highest BCUT2D eigenvalue weighted by molar-refractivity contribution is 7.10. The SMILES string of the molecule is Cc1nc(-c2ccccc2)n(CC(=O)N2N=C(c3ccco3)CC2c2cccs2)n1. The van der Waals surface area contributed by atoms with E-state index in [0.29, 0.717) is 23.8 Å². The molecule has 4 aromatic rings. The molecule has 3 aromatic heterocycles.